The maximum atomic E-state index is 11.8. The first kappa shape index (κ1) is 15.6. The Hall–Kier alpha value is -2.74. The molecule has 2 rings (SSSR count). The molecule has 0 atom stereocenters. The zero-order valence-electron chi connectivity index (χ0n) is 11.7. The number of anilines is 3. The van der Waals surface area contributed by atoms with Crippen molar-refractivity contribution in [3.63, 3.8) is 0 Å². The van der Waals surface area contributed by atoms with Crippen molar-refractivity contribution >= 4 is 33.1 Å². The smallest absolute Gasteiger partial charge is 0.323 e. The summed E-state index contributed by atoms with van der Waals surface area (Å²) in [7, 11) is -3.33. The molecule has 0 unspecified atom stereocenters. The van der Waals surface area contributed by atoms with Gasteiger partial charge in [0.2, 0.25) is 10.0 Å². The minimum atomic E-state index is -3.33. The second-order valence-corrected chi connectivity index (χ2v) is 6.33. The molecule has 0 aliphatic heterocycles. The summed E-state index contributed by atoms with van der Waals surface area (Å²) in [6.45, 7) is 0. The van der Waals surface area contributed by atoms with E-state index in [2.05, 4.69) is 15.4 Å². The van der Waals surface area contributed by atoms with E-state index in [1.807, 2.05) is 0 Å². The highest BCUT2D eigenvalue weighted by atomic mass is 32.2. The van der Waals surface area contributed by atoms with Gasteiger partial charge in [-0.2, -0.15) is 0 Å². The molecule has 4 N–H and O–H groups in total. The molecule has 0 aliphatic carbocycles. The van der Waals surface area contributed by atoms with Crippen molar-refractivity contribution in [3.8, 4) is 5.75 Å². The van der Waals surface area contributed by atoms with Gasteiger partial charge in [-0.25, -0.2) is 13.2 Å². The number of hydrogen-bond acceptors (Lipinski definition) is 4. The molecule has 22 heavy (non-hydrogen) atoms. The molecule has 7 nitrogen and oxygen atoms in total. The topological polar surface area (TPSA) is 108 Å². The molecule has 0 saturated carbocycles. The van der Waals surface area contributed by atoms with Crippen LogP contribution in [0.4, 0.5) is 21.9 Å². The van der Waals surface area contributed by atoms with Crippen LogP contribution in [-0.4, -0.2) is 25.8 Å². The highest BCUT2D eigenvalue weighted by molar-refractivity contribution is 7.92. The summed E-state index contributed by atoms with van der Waals surface area (Å²) in [6, 6.07) is 11.9. The van der Waals surface area contributed by atoms with E-state index in [4.69, 9.17) is 0 Å². The Morgan fingerprint density at radius 2 is 1.55 bits per heavy atom. The molecule has 8 heteroatoms. The lowest BCUT2D eigenvalue weighted by Gasteiger charge is -2.09. The summed E-state index contributed by atoms with van der Waals surface area (Å²) in [5.74, 6) is 0.0500. The molecule has 0 radical (unpaired) electrons. The van der Waals surface area contributed by atoms with E-state index >= 15 is 0 Å². The van der Waals surface area contributed by atoms with Gasteiger partial charge in [0.25, 0.3) is 0 Å². The van der Waals surface area contributed by atoms with Crippen LogP contribution in [0, 0.1) is 0 Å². The minimum Gasteiger partial charge on any atom is -0.508 e. The van der Waals surface area contributed by atoms with E-state index in [1.54, 1.807) is 24.3 Å². The number of phenols is 1. The summed E-state index contributed by atoms with van der Waals surface area (Å²) in [4.78, 5) is 11.8. The maximum absolute atomic E-state index is 11.8. The molecular weight excluding hydrogens is 306 g/mol. The molecule has 0 saturated heterocycles. The summed E-state index contributed by atoms with van der Waals surface area (Å²) < 4.78 is 24.5. The molecule has 0 bridgehead atoms. The first-order chi connectivity index (χ1) is 10.3. The van der Waals surface area contributed by atoms with Gasteiger partial charge in [-0.1, -0.05) is 6.07 Å². The van der Waals surface area contributed by atoms with Gasteiger partial charge in [0.1, 0.15) is 5.75 Å². The number of phenolic OH excluding ortho intramolecular Hbond substituents is 1. The minimum absolute atomic E-state index is 0.0500. The van der Waals surface area contributed by atoms with Crippen LogP contribution in [0.3, 0.4) is 0 Å². The lowest BCUT2D eigenvalue weighted by molar-refractivity contribution is 0.262. The van der Waals surface area contributed by atoms with Crippen LogP contribution in [0.2, 0.25) is 0 Å². The Morgan fingerprint density at radius 3 is 2.14 bits per heavy atom. The molecular formula is C14H15N3O4S. The largest absolute Gasteiger partial charge is 0.508 e. The van der Waals surface area contributed by atoms with Gasteiger partial charge < -0.3 is 15.7 Å². The number of urea groups is 1. The van der Waals surface area contributed by atoms with Gasteiger partial charge in [-0.3, -0.25) is 4.72 Å². The van der Waals surface area contributed by atoms with Crippen LogP contribution < -0.4 is 15.4 Å². The average molecular weight is 321 g/mol. The van der Waals surface area contributed by atoms with Crippen molar-refractivity contribution in [3.05, 3.63) is 48.5 Å². The van der Waals surface area contributed by atoms with Crippen molar-refractivity contribution in [2.75, 3.05) is 21.6 Å². The van der Waals surface area contributed by atoms with Crippen LogP contribution in [0.5, 0.6) is 5.75 Å². The van der Waals surface area contributed by atoms with Crippen molar-refractivity contribution < 1.29 is 18.3 Å². The van der Waals surface area contributed by atoms with Crippen molar-refractivity contribution in [2.45, 2.75) is 0 Å². The van der Waals surface area contributed by atoms with Crippen LogP contribution in [0.1, 0.15) is 0 Å². The zero-order valence-corrected chi connectivity index (χ0v) is 12.5. The number of carbonyl (C=O) groups is 1. The predicted octanol–water partition coefficient (Wildman–Crippen LogP) is 2.41. The molecule has 0 aromatic heterocycles. The van der Waals surface area contributed by atoms with Crippen LogP contribution in [-0.2, 0) is 10.0 Å². The summed E-state index contributed by atoms with van der Waals surface area (Å²) in [5, 5.41) is 14.5. The Morgan fingerprint density at radius 1 is 0.955 bits per heavy atom. The fourth-order valence-electron chi connectivity index (χ4n) is 1.71. The number of amides is 2. The van der Waals surface area contributed by atoms with Crippen LogP contribution in [0.15, 0.2) is 48.5 Å². The number of benzene rings is 2. The predicted molar refractivity (Wildman–Crippen MR) is 85.7 cm³/mol. The first-order valence-electron chi connectivity index (χ1n) is 6.27. The molecule has 116 valence electrons. The summed E-state index contributed by atoms with van der Waals surface area (Å²) >= 11 is 0. The number of hydrogen-bond donors (Lipinski definition) is 4. The number of carbonyl (C=O) groups excluding carboxylic acids is 1. The van der Waals surface area contributed by atoms with Gasteiger partial charge >= 0.3 is 6.03 Å². The fourth-order valence-corrected chi connectivity index (χ4v) is 2.28. The molecule has 0 heterocycles. The van der Waals surface area contributed by atoms with E-state index in [-0.39, 0.29) is 5.75 Å². The van der Waals surface area contributed by atoms with Crippen molar-refractivity contribution in [2.24, 2.45) is 0 Å². The van der Waals surface area contributed by atoms with E-state index in [0.29, 0.717) is 17.1 Å². The second kappa shape index (κ2) is 6.35. The number of rotatable bonds is 4. The monoisotopic (exact) mass is 321 g/mol. The van der Waals surface area contributed by atoms with Crippen LogP contribution in [0.25, 0.3) is 0 Å². The van der Waals surface area contributed by atoms with Crippen molar-refractivity contribution in [1.82, 2.24) is 0 Å². The maximum Gasteiger partial charge on any atom is 0.323 e. The summed E-state index contributed by atoms with van der Waals surface area (Å²) in [6.07, 6.45) is 1.06. The SMILES string of the molecule is CS(=O)(=O)Nc1ccc(NC(=O)Nc2cccc(O)c2)cc1. The third-order valence-corrected chi connectivity index (χ3v) is 3.16. The zero-order chi connectivity index (χ0) is 16.2. The molecule has 0 spiro atoms. The third-order valence-electron chi connectivity index (χ3n) is 2.55. The van der Waals surface area contributed by atoms with Crippen molar-refractivity contribution in [1.29, 1.82) is 0 Å². The molecule has 2 amide bonds. The number of aromatic hydroxyl groups is 1. The number of nitrogens with one attached hydrogen (secondary N) is 3. The van der Waals surface area contributed by atoms with Gasteiger partial charge in [-0.05, 0) is 36.4 Å². The molecule has 0 aliphatic rings. The lowest BCUT2D eigenvalue weighted by atomic mass is 10.3. The first-order valence-corrected chi connectivity index (χ1v) is 8.16. The molecule has 2 aromatic rings. The Bertz CT molecular complexity index is 773. The van der Waals surface area contributed by atoms with Gasteiger partial charge in [0.05, 0.1) is 6.26 Å². The number of sulfonamides is 1. The van der Waals surface area contributed by atoms with Crippen LogP contribution >= 0.6 is 0 Å². The highest BCUT2D eigenvalue weighted by Crippen LogP contribution is 2.17. The average Bonchev–Trinajstić information content (AvgIpc) is 2.39. The quantitative estimate of drug-likeness (QED) is 0.693. The van der Waals surface area contributed by atoms with E-state index in [0.717, 1.165) is 6.26 Å². The lowest BCUT2D eigenvalue weighted by Crippen LogP contribution is -2.19. The fraction of sp³-hybridized carbons (Fsp3) is 0.0714. The van der Waals surface area contributed by atoms with E-state index in [9.17, 15) is 18.3 Å². The standard InChI is InChI=1S/C14H15N3O4S/c1-22(20,21)17-11-7-5-10(6-8-11)15-14(19)16-12-3-2-4-13(18)9-12/h2-9,17-18H,1H3,(H2,15,16,19). The molecule has 2 aromatic carbocycles. The summed E-state index contributed by atoms with van der Waals surface area (Å²) in [5.41, 5.74) is 1.35. The third kappa shape index (κ3) is 4.98. The Labute approximate surface area is 128 Å². The second-order valence-electron chi connectivity index (χ2n) is 4.58. The Balaban J connectivity index is 1.97. The normalized spacial score (nSPS) is 10.8. The van der Waals surface area contributed by atoms with Gasteiger partial charge in [0.15, 0.2) is 0 Å². The van der Waals surface area contributed by atoms with E-state index in [1.165, 1.54) is 24.3 Å². The van der Waals surface area contributed by atoms with E-state index < -0.39 is 16.1 Å². The Kier molecular flexibility index (Phi) is 4.52. The highest BCUT2D eigenvalue weighted by Gasteiger charge is 2.05. The molecule has 0 fully saturated rings. The van der Waals surface area contributed by atoms with Gasteiger partial charge in [0, 0.05) is 23.1 Å². The van der Waals surface area contributed by atoms with Gasteiger partial charge in [-0.15, -0.1) is 0 Å².